The van der Waals surface area contributed by atoms with Crippen molar-refractivity contribution >= 4 is 41.0 Å². The quantitative estimate of drug-likeness (QED) is 0.301. The third-order valence-electron chi connectivity index (χ3n) is 5.80. The zero-order valence-electron chi connectivity index (χ0n) is 19.6. The van der Waals surface area contributed by atoms with Crippen molar-refractivity contribution in [3.05, 3.63) is 44.1 Å². The number of methoxy groups -OCH3 is 1. The standard InChI is InChI=1S/C23H28N4O5S/c1-7-12(3)27-21(29)14(20(28)25-23(27)33)11-24-19-16(31-6)10-9-15-18(19)17(13(4)26(15)5)22(30)32-8-2/h9-12,29H,7-8H2,1-6H3,(H,25,28,33). The second-order valence-electron chi connectivity index (χ2n) is 7.63. The Labute approximate surface area is 196 Å². The minimum absolute atomic E-state index is 0.0479. The predicted molar refractivity (Wildman–Crippen MR) is 130 cm³/mol. The molecule has 10 heteroatoms. The average Bonchev–Trinajstić information content (AvgIpc) is 3.03. The Morgan fingerprint density at radius 2 is 2.06 bits per heavy atom. The fourth-order valence-corrected chi connectivity index (χ4v) is 4.11. The van der Waals surface area contributed by atoms with E-state index in [1.54, 1.807) is 13.0 Å². The number of H-pyrrole nitrogens is 1. The molecule has 0 aliphatic heterocycles. The Kier molecular flexibility index (Phi) is 7.06. The first-order valence-electron chi connectivity index (χ1n) is 10.6. The van der Waals surface area contributed by atoms with Crippen molar-refractivity contribution in [3.63, 3.8) is 0 Å². The van der Waals surface area contributed by atoms with E-state index in [4.69, 9.17) is 21.7 Å². The van der Waals surface area contributed by atoms with Gasteiger partial charge in [-0.15, -0.1) is 0 Å². The Balaban J connectivity index is 2.32. The van der Waals surface area contributed by atoms with Crippen molar-refractivity contribution < 1.29 is 19.4 Å². The van der Waals surface area contributed by atoms with Crippen LogP contribution in [-0.4, -0.2) is 45.1 Å². The highest BCUT2D eigenvalue weighted by Crippen LogP contribution is 2.40. The molecule has 3 rings (SSSR count). The Morgan fingerprint density at radius 3 is 2.67 bits per heavy atom. The predicted octanol–water partition coefficient (Wildman–Crippen LogP) is 4.32. The van der Waals surface area contributed by atoms with Crippen LogP contribution in [0.5, 0.6) is 11.6 Å². The summed E-state index contributed by atoms with van der Waals surface area (Å²) in [6.07, 6.45) is 1.96. The molecule has 3 aromatic rings. The zero-order chi connectivity index (χ0) is 24.4. The van der Waals surface area contributed by atoms with E-state index in [2.05, 4.69) is 9.98 Å². The van der Waals surface area contributed by atoms with E-state index in [1.807, 2.05) is 38.5 Å². The number of aryl methyl sites for hydroxylation is 1. The summed E-state index contributed by atoms with van der Waals surface area (Å²) in [6.45, 7) is 7.62. The molecule has 176 valence electrons. The van der Waals surface area contributed by atoms with Crippen molar-refractivity contribution in [1.82, 2.24) is 14.1 Å². The number of aromatic amines is 1. The molecule has 9 nitrogen and oxygen atoms in total. The molecule has 0 saturated carbocycles. The van der Waals surface area contributed by atoms with Crippen molar-refractivity contribution in [2.45, 2.75) is 40.2 Å². The van der Waals surface area contributed by atoms with Crippen LogP contribution in [0.4, 0.5) is 5.69 Å². The summed E-state index contributed by atoms with van der Waals surface area (Å²) in [4.78, 5) is 32.5. The number of fused-ring (bicyclic) bond motifs is 1. The molecule has 2 aromatic heterocycles. The van der Waals surface area contributed by atoms with Crippen molar-refractivity contribution in [1.29, 1.82) is 0 Å². The number of nitrogens with one attached hydrogen (secondary N) is 1. The van der Waals surface area contributed by atoms with Crippen LogP contribution in [0, 0.1) is 11.7 Å². The Hall–Kier alpha value is -3.40. The van der Waals surface area contributed by atoms with E-state index in [0.29, 0.717) is 34.5 Å². The molecule has 1 unspecified atom stereocenters. The van der Waals surface area contributed by atoms with Gasteiger partial charge in [-0.25, -0.2) is 4.79 Å². The van der Waals surface area contributed by atoms with Crippen molar-refractivity contribution in [2.24, 2.45) is 12.0 Å². The maximum atomic E-state index is 12.8. The summed E-state index contributed by atoms with van der Waals surface area (Å²) in [6, 6.07) is 3.43. The number of benzene rings is 1. The third-order valence-corrected chi connectivity index (χ3v) is 6.10. The molecule has 0 aliphatic carbocycles. The van der Waals surface area contributed by atoms with Crippen LogP contribution in [0.1, 0.15) is 54.8 Å². The first kappa shape index (κ1) is 24.2. The van der Waals surface area contributed by atoms with Crippen molar-refractivity contribution in [3.8, 4) is 11.6 Å². The maximum absolute atomic E-state index is 12.8. The number of aromatic hydroxyl groups is 1. The van der Waals surface area contributed by atoms with Gasteiger partial charge in [0.25, 0.3) is 5.56 Å². The number of hydrogen-bond donors (Lipinski definition) is 2. The molecule has 2 N–H and O–H groups in total. The number of hydrogen-bond acceptors (Lipinski definition) is 7. The summed E-state index contributed by atoms with van der Waals surface area (Å²) in [5.74, 6) is -0.348. The van der Waals surface area contributed by atoms with Crippen LogP contribution >= 0.6 is 12.2 Å². The lowest BCUT2D eigenvalue weighted by molar-refractivity contribution is 0.0527. The number of nitrogens with zero attached hydrogens (tertiary/aromatic N) is 3. The highest BCUT2D eigenvalue weighted by atomic mass is 32.1. The molecule has 1 aromatic carbocycles. The fraction of sp³-hybridized carbons (Fsp3) is 0.391. The van der Waals surface area contributed by atoms with Gasteiger partial charge in [-0.05, 0) is 51.5 Å². The Morgan fingerprint density at radius 1 is 1.36 bits per heavy atom. The second-order valence-corrected chi connectivity index (χ2v) is 8.02. The van der Waals surface area contributed by atoms with Gasteiger partial charge in [0.2, 0.25) is 5.88 Å². The highest BCUT2D eigenvalue weighted by molar-refractivity contribution is 7.71. The van der Waals surface area contributed by atoms with E-state index >= 15 is 0 Å². The number of rotatable bonds is 7. The molecule has 0 aliphatic rings. The van der Waals surface area contributed by atoms with Crippen LogP contribution in [0.25, 0.3) is 10.9 Å². The number of carbonyl (C=O) groups excluding carboxylic acids is 1. The van der Waals surface area contributed by atoms with Crippen molar-refractivity contribution in [2.75, 3.05) is 13.7 Å². The summed E-state index contributed by atoms with van der Waals surface area (Å²) in [5, 5.41) is 11.3. The average molecular weight is 473 g/mol. The van der Waals surface area contributed by atoms with Gasteiger partial charge in [0.15, 0.2) is 4.77 Å². The number of carbonyl (C=O) groups is 1. The second kappa shape index (κ2) is 9.62. The highest BCUT2D eigenvalue weighted by Gasteiger charge is 2.24. The molecule has 0 radical (unpaired) electrons. The molecule has 0 saturated heterocycles. The van der Waals surface area contributed by atoms with Gasteiger partial charge < -0.3 is 19.1 Å². The lowest BCUT2D eigenvalue weighted by atomic mass is 10.1. The molecule has 2 heterocycles. The van der Waals surface area contributed by atoms with E-state index in [1.165, 1.54) is 17.9 Å². The molecule has 0 spiro atoms. The van der Waals surface area contributed by atoms with Crippen LogP contribution in [0.2, 0.25) is 0 Å². The minimum atomic E-state index is -0.568. The molecule has 1 atom stereocenters. The fourth-order valence-electron chi connectivity index (χ4n) is 3.75. The van der Waals surface area contributed by atoms with Gasteiger partial charge in [-0.3, -0.25) is 19.3 Å². The van der Waals surface area contributed by atoms with Gasteiger partial charge in [0.05, 0.1) is 24.8 Å². The molecular weight excluding hydrogens is 444 g/mol. The molecule has 0 amide bonds. The molecule has 33 heavy (non-hydrogen) atoms. The molecular formula is C23H28N4O5S. The lowest BCUT2D eigenvalue weighted by Crippen LogP contribution is -2.20. The van der Waals surface area contributed by atoms with Gasteiger partial charge in [0, 0.05) is 30.4 Å². The van der Waals surface area contributed by atoms with Crippen LogP contribution in [0.3, 0.4) is 0 Å². The van der Waals surface area contributed by atoms with Gasteiger partial charge in [0.1, 0.15) is 17.0 Å². The topological polar surface area (TPSA) is 111 Å². The number of aliphatic imine (C=N–C) groups is 1. The van der Waals surface area contributed by atoms with Crippen LogP contribution < -0.4 is 10.3 Å². The molecule has 0 fully saturated rings. The SMILES string of the molecule is CCOC(=O)c1c(C)n(C)c2ccc(OC)c(N=Cc3c(O)n(C(C)CC)c(=S)[nH]c3=O)c12. The van der Waals surface area contributed by atoms with Gasteiger partial charge in [-0.1, -0.05) is 6.92 Å². The maximum Gasteiger partial charge on any atom is 0.340 e. The minimum Gasteiger partial charge on any atom is -0.494 e. The third kappa shape index (κ3) is 4.18. The summed E-state index contributed by atoms with van der Waals surface area (Å²) >= 11 is 5.23. The zero-order valence-corrected chi connectivity index (χ0v) is 20.4. The first-order valence-corrected chi connectivity index (χ1v) is 11.0. The monoisotopic (exact) mass is 472 g/mol. The number of aromatic nitrogens is 3. The van der Waals surface area contributed by atoms with E-state index < -0.39 is 11.5 Å². The normalized spacial score (nSPS) is 12.4. The lowest BCUT2D eigenvalue weighted by Gasteiger charge is -2.16. The van der Waals surface area contributed by atoms with Gasteiger partial charge in [-0.2, -0.15) is 0 Å². The van der Waals surface area contributed by atoms with Crippen LogP contribution in [-0.2, 0) is 11.8 Å². The van der Waals surface area contributed by atoms with E-state index in [-0.39, 0.29) is 28.9 Å². The van der Waals surface area contributed by atoms with E-state index in [0.717, 1.165) is 5.52 Å². The summed E-state index contributed by atoms with van der Waals surface area (Å²) < 4.78 is 14.3. The number of esters is 1. The van der Waals surface area contributed by atoms with Crippen LogP contribution in [0.15, 0.2) is 21.9 Å². The molecule has 0 bridgehead atoms. The summed E-state index contributed by atoms with van der Waals surface area (Å²) in [5.41, 5.74) is 1.55. The largest absolute Gasteiger partial charge is 0.494 e. The Bertz CT molecular complexity index is 1370. The smallest absolute Gasteiger partial charge is 0.340 e. The van der Waals surface area contributed by atoms with E-state index in [9.17, 15) is 14.7 Å². The van der Waals surface area contributed by atoms with Gasteiger partial charge >= 0.3 is 5.97 Å². The number of ether oxygens (including phenoxy) is 2. The summed E-state index contributed by atoms with van der Waals surface area (Å²) in [7, 11) is 3.33. The first-order chi connectivity index (χ1) is 15.7.